The standard InChI is InChI=1S/C16H22N2O/c1-11(2)14(10-17)16(19)9-12-7-8-18-15-6-4-3-5-13(12)15/h3-8,11,14,16,19H,9-10,17H2,1-2H3. The van der Waals surface area contributed by atoms with E-state index in [1.807, 2.05) is 24.3 Å². The van der Waals surface area contributed by atoms with Crippen molar-refractivity contribution in [3.05, 3.63) is 42.1 Å². The molecule has 0 fully saturated rings. The minimum Gasteiger partial charge on any atom is -0.392 e. The lowest BCUT2D eigenvalue weighted by atomic mass is 9.86. The van der Waals surface area contributed by atoms with E-state index in [-0.39, 0.29) is 5.92 Å². The molecule has 1 heterocycles. The van der Waals surface area contributed by atoms with Crippen LogP contribution in [0, 0.1) is 11.8 Å². The second-order valence-corrected chi connectivity index (χ2v) is 5.40. The average Bonchev–Trinajstić information content (AvgIpc) is 2.39. The Morgan fingerprint density at radius 1 is 1.21 bits per heavy atom. The van der Waals surface area contributed by atoms with Crippen LogP contribution in [0.25, 0.3) is 10.9 Å². The summed E-state index contributed by atoms with van der Waals surface area (Å²) in [5.41, 5.74) is 7.88. The van der Waals surface area contributed by atoms with Crippen molar-refractivity contribution >= 4 is 10.9 Å². The normalized spacial score (nSPS) is 14.8. The molecule has 0 saturated heterocycles. The third-order valence-corrected chi connectivity index (χ3v) is 3.79. The molecular weight excluding hydrogens is 236 g/mol. The summed E-state index contributed by atoms with van der Waals surface area (Å²) < 4.78 is 0. The van der Waals surface area contributed by atoms with E-state index in [0.717, 1.165) is 16.5 Å². The molecule has 0 saturated carbocycles. The largest absolute Gasteiger partial charge is 0.392 e. The highest BCUT2D eigenvalue weighted by molar-refractivity contribution is 5.81. The summed E-state index contributed by atoms with van der Waals surface area (Å²) >= 11 is 0. The summed E-state index contributed by atoms with van der Waals surface area (Å²) in [5, 5.41) is 11.5. The van der Waals surface area contributed by atoms with Crippen LogP contribution >= 0.6 is 0 Å². The van der Waals surface area contributed by atoms with Gasteiger partial charge in [-0.25, -0.2) is 0 Å². The van der Waals surface area contributed by atoms with Crippen LogP contribution in [-0.4, -0.2) is 22.7 Å². The first-order valence-electron chi connectivity index (χ1n) is 6.84. The first kappa shape index (κ1) is 14.0. The number of rotatable bonds is 5. The topological polar surface area (TPSA) is 59.1 Å². The van der Waals surface area contributed by atoms with Crippen molar-refractivity contribution in [3.8, 4) is 0 Å². The third-order valence-electron chi connectivity index (χ3n) is 3.79. The minimum absolute atomic E-state index is 0.131. The molecule has 102 valence electrons. The van der Waals surface area contributed by atoms with E-state index in [1.165, 1.54) is 0 Å². The maximum Gasteiger partial charge on any atom is 0.0704 e. The Labute approximate surface area is 114 Å². The molecule has 2 atom stereocenters. The number of aliphatic hydroxyl groups excluding tert-OH is 1. The molecule has 2 rings (SSSR count). The number of benzene rings is 1. The number of fused-ring (bicyclic) bond motifs is 1. The molecule has 3 nitrogen and oxygen atoms in total. The summed E-state index contributed by atoms with van der Waals surface area (Å²) in [6, 6.07) is 10.0. The smallest absolute Gasteiger partial charge is 0.0704 e. The van der Waals surface area contributed by atoms with Gasteiger partial charge < -0.3 is 10.8 Å². The summed E-state index contributed by atoms with van der Waals surface area (Å²) in [4.78, 5) is 4.34. The lowest BCUT2D eigenvalue weighted by Gasteiger charge is -2.25. The van der Waals surface area contributed by atoms with Crippen LogP contribution in [-0.2, 0) is 6.42 Å². The van der Waals surface area contributed by atoms with Gasteiger partial charge in [0, 0.05) is 11.6 Å². The zero-order chi connectivity index (χ0) is 13.8. The predicted molar refractivity (Wildman–Crippen MR) is 78.8 cm³/mol. The molecule has 1 aromatic heterocycles. The van der Waals surface area contributed by atoms with Crippen LogP contribution in [0.5, 0.6) is 0 Å². The number of aromatic nitrogens is 1. The average molecular weight is 258 g/mol. The number of hydrogen-bond acceptors (Lipinski definition) is 3. The molecule has 0 amide bonds. The van der Waals surface area contributed by atoms with Gasteiger partial charge in [0.25, 0.3) is 0 Å². The first-order chi connectivity index (χ1) is 9.13. The molecule has 2 unspecified atom stereocenters. The molecule has 0 aliphatic carbocycles. The van der Waals surface area contributed by atoms with Gasteiger partial charge >= 0.3 is 0 Å². The van der Waals surface area contributed by atoms with Gasteiger partial charge in [0.05, 0.1) is 11.6 Å². The maximum atomic E-state index is 10.4. The fourth-order valence-corrected chi connectivity index (χ4v) is 2.58. The highest BCUT2D eigenvalue weighted by atomic mass is 16.3. The second kappa shape index (κ2) is 6.13. The van der Waals surface area contributed by atoms with Crippen molar-refractivity contribution in [2.75, 3.05) is 6.54 Å². The number of aliphatic hydroxyl groups is 1. The molecule has 0 spiro atoms. The molecule has 2 aromatic rings. The molecule has 3 heteroatoms. The number of nitrogens with two attached hydrogens (primary N) is 1. The summed E-state index contributed by atoms with van der Waals surface area (Å²) in [6.45, 7) is 4.72. The quantitative estimate of drug-likeness (QED) is 0.865. The van der Waals surface area contributed by atoms with E-state index in [0.29, 0.717) is 18.9 Å². The van der Waals surface area contributed by atoms with Crippen molar-refractivity contribution in [1.82, 2.24) is 4.98 Å². The van der Waals surface area contributed by atoms with Gasteiger partial charge in [-0.1, -0.05) is 32.0 Å². The van der Waals surface area contributed by atoms with Gasteiger partial charge in [-0.2, -0.15) is 0 Å². The monoisotopic (exact) mass is 258 g/mol. The van der Waals surface area contributed by atoms with E-state index in [2.05, 4.69) is 24.9 Å². The number of pyridine rings is 1. The Bertz CT molecular complexity index is 534. The highest BCUT2D eigenvalue weighted by Gasteiger charge is 2.22. The highest BCUT2D eigenvalue weighted by Crippen LogP contribution is 2.22. The first-order valence-corrected chi connectivity index (χ1v) is 6.84. The molecule has 0 radical (unpaired) electrons. The summed E-state index contributed by atoms with van der Waals surface area (Å²) in [6.07, 6.45) is 2.02. The Morgan fingerprint density at radius 3 is 2.63 bits per heavy atom. The lowest BCUT2D eigenvalue weighted by molar-refractivity contribution is 0.0866. The Morgan fingerprint density at radius 2 is 1.95 bits per heavy atom. The van der Waals surface area contributed by atoms with Crippen molar-refractivity contribution in [3.63, 3.8) is 0 Å². The van der Waals surface area contributed by atoms with Crippen LogP contribution in [0.15, 0.2) is 36.5 Å². The number of hydrogen-bond donors (Lipinski definition) is 2. The molecule has 19 heavy (non-hydrogen) atoms. The Hall–Kier alpha value is -1.45. The zero-order valence-corrected chi connectivity index (χ0v) is 11.6. The van der Waals surface area contributed by atoms with Crippen LogP contribution in [0.3, 0.4) is 0 Å². The van der Waals surface area contributed by atoms with Crippen LogP contribution in [0.4, 0.5) is 0 Å². The predicted octanol–water partition coefficient (Wildman–Crippen LogP) is 2.37. The maximum absolute atomic E-state index is 10.4. The Balaban J connectivity index is 2.26. The molecular formula is C16H22N2O. The van der Waals surface area contributed by atoms with Gasteiger partial charge in [0.15, 0.2) is 0 Å². The van der Waals surface area contributed by atoms with Crippen molar-refractivity contribution in [2.45, 2.75) is 26.4 Å². The van der Waals surface area contributed by atoms with Crippen molar-refractivity contribution < 1.29 is 5.11 Å². The van der Waals surface area contributed by atoms with E-state index in [1.54, 1.807) is 6.20 Å². The van der Waals surface area contributed by atoms with Crippen molar-refractivity contribution in [2.24, 2.45) is 17.6 Å². The lowest BCUT2D eigenvalue weighted by Crippen LogP contribution is -2.33. The molecule has 1 aromatic carbocycles. The molecule has 3 N–H and O–H groups in total. The summed E-state index contributed by atoms with van der Waals surface area (Å²) in [7, 11) is 0. The second-order valence-electron chi connectivity index (χ2n) is 5.40. The zero-order valence-electron chi connectivity index (χ0n) is 11.6. The van der Waals surface area contributed by atoms with Gasteiger partial charge in [-0.15, -0.1) is 0 Å². The third kappa shape index (κ3) is 3.11. The van der Waals surface area contributed by atoms with Gasteiger partial charge in [0.1, 0.15) is 0 Å². The van der Waals surface area contributed by atoms with Crippen molar-refractivity contribution in [1.29, 1.82) is 0 Å². The molecule has 0 bridgehead atoms. The fraction of sp³-hybridized carbons (Fsp3) is 0.438. The van der Waals surface area contributed by atoms with Crippen LogP contribution < -0.4 is 5.73 Å². The van der Waals surface area contributed by atoms with E-state index >= 15 is 0 Å². The van der Waals surface area contributed by atoms with E-state index in [9.17, 15) is 5.11 Å². The minimum atomic E-state index is -0.407. The van der Waals surface area contributed by atoms with E-state index in [4.69, 9.17) is 5.73 Å². The van der Waals surface area contributed by atoms with Crippen LogP contribution in [0.2, 0.25) is 0 Å². The Kier molecular flexibility index (Phi) is 4.51. The molecule has 0 aliphatic rings. The number of nitrogens with zero attached hydrogens (tertiary/aromatic N) is 1. The van der Waals surface area contributed by atoms with Crippen LogP contribution in [0.1, 0.15) is 19.4 Å². The fourth-order valence-electron chi connectivity index (χ4n) is 2.58. The van der Waals surface area contributed by atoms with E-state index < -0.39 is 6.10 Å². The van der Waals surface area contributed by atoms with Gasteiger partial charge in [-0.05, 0) is 42.5 Å². The van der Waals surface area contributed by atoms with Gasteiger partial charge in [-0.3, -0.25) is 4.98 Å². The SMILES string of the molecule is CC(C)C(CN)C(O)Cc1ccnc2ccccc12. The molecule has 0 aliphatic heterocycles. The number of para-hydroxylation sites is 1. The van der Waals surface area contributed by atoms with Gasteiger partial charge in [0.2, 0.25) is 0 Å². The summed E-state index contributed by atoms with van der Waals surface area (Å²) in [5.74, 6) is 0.514.